The number of benzene rings is 6. The van der Waals surface area contributed by atoms with E-state index in [4.69, 9.17) is 19.7 Å². The molecule has 0 spiro atoms. The summed E-state index contributed by atoms with van der Waals surface area (Å²) < 4.78 is 6.75. The van der Waals surface area contributed by atoms with Gasteiger partial charge in [-0.05, 0) is 83.8 Å². The van der Waals surface area contributed by atoms with E-state index in [0.717, 1.165) is 68.3 Å². The highest BCUT2D eigenvalue weighted by Crippen LogP contribution is 2.59. The maximum atomic E-state index is 6.75. The van der Waals surface area contributed by atoms with E-state index < -0.39 is 5.60 Å². The molecule has 0 saturated carbocycles. The van der Waals surface area contributed by atoms with Gasteiger partial charge in [-0.25, -0.2) is 9.97 Å². The van der Waals surface area contributed by atoms with Crippen LogP contribution in [0.3, 0.4) is 0 Å². The maximum Gasteiger partial charge on any atom is 0.160 e. The lowest BCUT2D eigenvalue weighted by Gasteiger charge is -2.39. The molecule has 7 aromatic rings. The average Bonchev–Trinajstić information content (AvgIpc) is 3.80. The van der Waals surface area contributed by atoms with Gasteiger partial charge in [0.1, 0.15) is 11.4 Å². The Morgan fingerprint density at radius 3 is 2.26 bits per heavy atom. The summed E-state index contributed by atoms with van der Waals surface area (Å²) in [5.74, 6) is 2.26. The van der Waals surface area contributed by atoms with Gasteiger partial charge in [-0.2, -0.15) is 0 Å². The molecule has 0 fully saturated rings. The Kier molecular flexibility index (Phi) is 8.17. The number of rotatable bonds is 5. The fourth-order valence-electron chi connectivity index (χ4n) is 10.5. The van der Waals surface area contributed by atoms with Gasteiger partial charge in [0.2, 0.25) is 0 Å². The standard InChI is InChI=1S/C56H43N3OS/c1-34-23-24-35-29-30-46-52(42(35)31-34)59-51(53-55(46,2)45-18-8-10-22-50(45)61-53)37-25-27-38(28-26-37)54-57-47(36-13-5-4-6-14-36)33-48(58-54)40-16-11-15-39(32-40)43-19-12-20-44-41-17-7-9-21-49(41)60-56(43,44)3/h4-30,32-34,44,53H,31H2,1-3H3. The van der Waals surface area contributed by atoms with Crippen LogP contribution >= 0.6 is 11.8 Å². The summed E-state index contributed by atoms with van der Waals surface area (Å²) in [6, 6.07) is 52.1. The lowest BCUT2D eigenvalue weighted by molar-refractivity contribution is 0.166. The molecule has 5 atom stereocenters. The molecule has 6 aromatic carbocycles. The Balaban J connectivity index is 0.944. The van der Waals surface area contributed by atoms with Crippen molar-refractivity contribution in [2.24, 2.45) is 10.9 Å². The van der Waals surface area contributed by atoms with E-state index in [0.29, 0.717) is 11.7 Å². The third kappa shape index (κ3) is 5.63. The normalized spacial score (nSPS) is 23.7. The van der Waals surface area contributed by atoms with Crippen LogP contribution in [0.15, 0.2) is 180 Å². The number of hydrogen-bond donors (Lipinski definition) is 0. The van der Waals surface area contributed by atoms with Crippen LogP contribution in [-0.2, 0) is 11.8 Å². The number of thioether (sulfide) groups is 1. The fraction of sp³-hybridized carbons (Fsp3) is 0.161. The van der Waals surface area contributed by atoms with Crippen molar-refractivity contribution in [2.75, 3.05) is 0 Å². The van der Waals surface area contributed by atoms with Gasteiger partial charge < -0.3 is 4.74 Å². The molecule has 5 heteroatoms. The highest BCUT2D eigenvalue weighted by atomic mass is 32.2. The summed E-state index contributed by atoms with van der Waals surface area (Å²) in [5.41, 5.74) is 16.4. The predicted octanol–water partition coefficient (Wildman–Crippen LogP) is 13.5. The van der Waals surface area contributed by atoms with Crippen LogP contribution in [0.25, 0.3) is 45.6 Å². The summed E-state index contributed by atoms with van der Waals surface area (Å²) in [4.78, 5) is 17.5. The van der Waals surface area contributed by atoms with Crippen molar-refractivity contribution in [3.63, 3.8) is 0 Å². The van der Waals surface area contributed by atoms with Crippen molar-refractivity contribution >= 4 is 34.8 Å². The van der Waals surface area contributed by atoms with Crippen molar-refractivity contribution in [1.29, 1.82) is 0 Å². The predicted molar refractivity (Wildman–Crippen MR) is 251 cm³/mol. The Hall–Kier alpha value is -6.56. The SMILES string of the molecule is CC1C=Cc2ccc3c(c2C1)N=C(c1ccc(-c2nc(-c4ccccc4)cc(-c4cccc(C5=CC=CC6c7ccccc7OC56C)c4)n2)cc1)C1Sc2ccccc2C31C. The first kappa shape index (κ1) is 36.3. The molecule has 1 aromatic heterocycles. The number of aliphatic imine (C=N–C) groups is 1. The van der Waals surface area contributed by atoms with Crippen LogP contribution in [0.5, 0.6) is 5.75 Å². The molecular formula is C56H43N3OS. The zero-order valence-corrected chi connectivity index (χ0v) is 35.2. The largest absolute Gasteiger partial charge is 0.482 e. The van der Waals surface area contributed by atoms with Gasteiger partial charge in [0, 0.05) is 44.1 Å². The van der Waals surface area contributed by atoms with Crippen LogP contribution in [0.1, 0.15) is 65.6 Å². The molecule has 4 nitrogen and oxygen atoms in total. The first-order chi connectivity index (χ1) is 29.8. The lowest BCUT2D eigenvalue weighted by Crippen LogP contribution is -2.41. The Bertz CT molecular complexity index is 3070. The maximum absolute atomic E-state index is 6.75. The molecule has 0 amide bonds. The van der Waals surface area contributed by atoms with Gasteiger partial charge in [-0.1, -0.05) is 159 Å². The van der Waals surface area contributed by atoms with E-state index in [1.165, 1.54) is 32.7 Å². The van der Waals surface area contributed by atoms with Crippen LogP contribution < -0.4 is 4.74 Å². The highest BCUT2D eigenvalue weighted by molar-refractivity contribution is 8.01. The summed E-state index contributed by atoms with van der Waals surface area (Å²) in [5, 5.41) is 0.144. The third-order valence-corrected chi connectivity index (χ3v) is 15.2. The molecular weight excluding hydrogens is 763 g/mol. The topological polar surface area (TPSA) is 47.4 Å². The molecule has 0 saturated heterocycles. The van der Waals surface area contributed by atoms with Gasteiger partial charge >= 0.3 is 0 Å². The van der Waals surface area contributed by atoms with E-state index in [1.54, 1.807) is 0 Å². The minimum Gasteiger partial charge on any atom is -0.482 e. The fourth-order valence-corrected chi connectivity index (χ4v) is 12.1. The number of nitrogens with zero attached hydrogens (tertiary/aromatic N) is 3. The summed E-state index contributed by atoms with van der Waals surface area (Å²) in [6.45, 7) is 6.96. The first-order valence-corrected chi connectivity index (χ1v) is 22.3. The number of hydrogen-bond acceptors (Lipinski definition) is 5. The first-order valence-electron chi connectivity index (χ1n) is 21.4. The molecule has 61 heavy (non-hydrogen) atoms. The van der Waals surface area contributed by atoms with Crippen molar-refractivity contribution in [2.45, 2.75) is 54.3 Å². The Morgan fingerprint density at radius 2 is 1.39 bits per heavy atom. The lowest BCUT2D eigenvalue weighted by atomic mass is 9.68. The Morgan fingerprint density at radius 1 is 0.656 bits per heavy atom. The van der Waals surface area contributed by atoms with E-state index in [9.17, 15) is 0 Å². The van der Waals surface area contributed by atoms with Crippen molar-refractivity contribution in [1.82, 2.24) is 9.97 Å². The number of ether oxygens (including phenoxy) is 1. The van der Waals surface area contributed by atoms with Gasteiger partial charge in [0.15, 0.2) is 5.82 Å². The molecule has 294 valence electrons. The molecule has 0 N–H and O–H groups in total. The Labute approximate surface area is 361 Å². The van der Waals surface area contributed by atoms with Gasteiger partial charge in [0.05, 0.1) is 28.0 Å². The summed E-state index contributed by atoms with van der Waals surface area (Å²) in [7, 11) is 0. The number of fused-ring (bicyclic) bond motifs is 10. The van der Waals surface area contributed by atoms with Crippen molar-refractivity contribution < 1.29 is 4.74 Å². The summed E-state index contributed by atoms with van der Waals surface area (Å²) >= 11 is 1.95. The highest BCUT2D eigenvalue weighted by Gasteiger charge is 2.52. The zero-order valence-electron chi connectivity index (χ0n) is 34.3. The van der Waals surface area contributed by atoms with Crippen molar-refractivity contribution in [3.8, 4) is 39.7 Å². The van der Waals surface area contributed by atoms with Crippen LogP contribution in [-0.4, -0.2) is 26.5 Å². The van der Waals surface area contributed by atoms with Crippen LogP contribution in [0.2, 0.25) is 0 Å². The van der Waals surface area contributed by atoms with E-state index >= 15 is 0 Å². The van der Waals surface area contributed by atoms with E-state index in [-0.39, 0.29) is 16.6 Å². The van der Waals surface area contributed by atoms with Crippen molar-refractivity contribution in [3.05, 3.63) is 209 Å². The zero-order chi connectivity index (χ0) is 40.9. The molecule has 2 aliphatic carbocycles. The van der Waals surface area contributed by atoms with E-state index in [1.807, 2.05) is 17.8 Å². The molecule has 3 aliphatic heterocycles. The molecule has 0 bridgehead atoms. The second-order valence-corrected chi connectivity index (χ2v) is 18.6. The van der Waals surface area contributed by atoms with Crippen LogP contribution in [0.4, 0.5) is 5.69 Å². The number of aromatic nitrogens is 2. The molecule has 12 rings (SSSR count). The second kappa shape index (κ2) is 13.7. The quantitative estimate of drug-likeness (QED) is 0.174. The number of allylic oxidation sites excluding steroid dienone is 3. The smallest absolute Gasteiger partial charge is 0.160 e. The van der Waals surface area contributed by atoms with Gasteiger partial charge in [-0.15, -0.1) is 11.8 Å². The van der Waals surface area contributed by atoms with Gasteiger partial charge in [0.25, 0.3) is 0 Å². The molecule has 5 aliphatic rings. The molecule has 4 heterocycles. The monoisotopic (exact) mass is 805 g/mol. The third-order valence-electron chi connectivity index (χ3n) is 13.7. The van der Waals surface area contributed by atoms with Gasteiger partial charge in [-0.3, -0.25) is 4.99 Å². The second-order valence-electron chi connectivity index (χ2n) is 17.4. The molecule has 5 unspecified atom stereocenters. The van der Waals surface area contributed by atoms with Crippen LogP contribution in [0, 0.1) is 5.92 Å². The molecule has 0 radical (unpaired) electrons. The summed E-state index contributed by atoms with van der Waals surface area (Å²) in [6.07, 6.45) is 12.3. The minimum atomic E-state index is -0.512. The minimum absolute atomic E-state index is 0.141. The average molecular weight is 806 g/mol. The van der Waals surface area contributed by atoms with E-state index in [2.05, 4.69) is 191 Å². The number of para-hydroxylation sites is 1.